The number of aliphatic hydroxyl groups is 1. The van der Waals surface area contributed by atoms with Gasteiger partial charge in [0, 0.05) is 13.1 Å². The second-order valence-electron chi connectivity index (χ2n) is 4.11. The van der Waals surface area contributed by atoms with Crippen LogP contribution in [0.1, 0.15) is 18.3 Å². The largest absolute Gasteiger partial charge is 0.467 e. The van der Waals surface area contributed by atoms with Crippen molar-refractivity contribution in [3.05, 3.63) is 36.3 Å². The molecule has 1 fully saturated rings. The summed E-state index contributed by atoms with van der Waals surface area (Å²) < 4.78 is 10.2. The lowest BCUT2D eigenvalue weighted by Crippen LogP contribution is -2.39. The predicted octanol–water partition coefficient (Wildman–Crippen LogP) is 1.12. The van der Waals surface area contributed by atoms with Crippen LogP contribution in [-0.2, 0) is 9.53 Å². The number of hydrogen-bond donors (Lipinski definition) is 1. The third kappa shape index (κ3) is 3.45. The zero-order valence-corrected chi connectivity index (χ0v) is 10.1. The molecule has 5 nitrogen and oxygen atoms in total. The smallest absolute Gasteiger partial charge is 0.246 e. The summed E-state index contributed by atoms with van der Waals surface area (Å²) in [4.78, 5) is 13.5. The van der Waals surface area contributed by atoms with Crippen molar-refractivity contribution in [2.24, 2.45) is 0 Å². The summed E-state index contributed by atoms with van der Waals surface area (Å²) in [5, 5.41) is 9.74. The summed E-state index contributed by atoms with van der Waals surface area (Å²) >= 11 is 0. The topological polar surface area (TPSA) is 62.9 Å². The number of hydrogen-bond acceptors (Lipinski definition) is 4. The second kappa shape index (κ2) is 6.37. The molecule has 0 saturated carbocycles. The molecule has 1 aromatic rings. The SMILES string of the molecule is O=C(/C=C/C[C@@H](O)c1ccco1)N1CCOCC1. The summed E-state index contributed by atoms with van der Waals surface area (Å²) in [6, 6.07) is 3.43. The lowest BCUT2D eigenvalue weighted by atomic mass is 10.2. The molecule has 0 aromatic carbocycles. The standard InChI is InChI=1S/C13H17NO4/c15-11(12-4-2-8-18-12)3-1-5-13(16)14-6-9-17-10-7-14/h1-2,4-5,8,11,15H,3,6-7,9-10H2/b5-1+/t11-/m1/s1. The van der Waals surface area contributed by atoms with Crippen LogP contribution in [-0.4, -0.2) is 42.2 Å². The molecule has 1 aliphatic heterocycles. The molecule has 18 heavy (non-hydrogen) atoms. The van der Waals surface area contributed by atoms with E-state index in [9.17, 15) is 9.90 Å². The molecule has 0 spiro atoms. The van der Waals surface area contributed by atoms with Gasteiger partial charge in [0.05, 0.1) is 19.5 Å². The number of ether oxygens (including phenoxy) is 1. The summed E-state index contributed by atoms with van der Waals surface area (Å²) in [6.45, 7) is 2.44. The first-order valence-electron chi connectivity index (χ1n) is 6.02. The van der Waals surface area contributed by atoms with Gasteiger partial charge in [-0.1, -0.05) is 6.08 Å². The predicted molar refractivity (Wildman–Crippen MR) is 64.8 cm³/mol. The first-order valence-corrected chi connectivity index (χ1v) is 6.02. The number of furan rings is 1. The zero-order chi connectivity index (χ0) is 12.8. The molecular formula is C13H17NO4. The third-order valence-corrected chi connectivity index (χ3v) is 2.81. The molecule has 1 aromatic heterocycles. The quantitative estimate of drug-likeness (QED) is 0.814. The average molecular weight is 251 g/mol. The van der Waals surface area contributed by atoms with Crippen molar-refractivity contribution < 1.29 is 19.1 Å². The Kier molecular flexibility index (Phi) is 4.55. The van der Waals surface area contributed by atoms with Gasteiger partial charge in [0.15, 0.2) is 0 Å². The summed E-state index contributed by atoms with van der Waals surface area (Å²) in [5.74, 6) is 0.475. The van der Waals surface area contributed by atoms with E-state index in [1.165, 1.54) is 12.3 Å². The van der Waals surface area contributed by atoms with E-state index in [4.69, 9.17) is 9.15 Å². The van der Waals surface area contributed by atoms with Gasteiger partial charge in [0.25, 0.3) is 0 Å². The minimum Gasteiger partial charge on any atom is -0.467 e. The van der Waals surface area contributed by atoms with Gasteiger partial charge in [-0.25, -0.2) is 0 Å². The Morgan fingerprint density at radius 3 is 2.94 bits per heavy atom. The normalized spacial score (nSPS) is 18.2. The number of amides is 1. The van der Waals surface area contributed by atoms with Gasteiger partial charge in [0.1, 0.15) is 11.9 Å². The Bertz CT molecular complexity index is 393. The molecule has 0 unspecified atom stereocenters. The molecule has 1 N–H and O–H groups in total. The van der Waals surface area contributed by atoms with Crippen molar-refractivity contribution in [2.75, 3.05) is 26.3 Å². The molecule has 0 radical (unpaired) electrons. The minimum atomic E-state index is -0.700. The van der Waals surface area contributed by atoms with Gasteiger partial charge in [-0.3, -0.25) is 4.79 Å². The van der Waals surface area contributed by atoms with Crippen molar-refractivity contribution in [1.82, 2.24) is 4.90 Å². The Balaban J connectivity index is 1.78. The van der Waals surface area contributed by atoms with Crippen LogP contribution in [0, 0.1) is 0 Å². The van der Waals surface area contributed by atoms with Crippen LogP contribution in [0.15, 0.2) is 35.0 Å². The number of rotatable bonds is 4. The van der Waals surface area contributed by atoms with Gasteiger partial charge >= 0.3 is 0 Å². The second-order valence-corrected chi connectivity index (χ2v) is 4.11. The molecule has 1 aliphatic rings. The van der Waals surface area contributed by atoms with Crippen LogP contribution in [0.4, 0.5) is 0 Å². The Morgan fingerprint density at radius 1 is 1.50 bits per heavy atom. The Hall–Kier alpha value is -1.59. The first-order chi connectivity index (χ1) is 8.77. The average Bonchev–Trinajstić information content (AvgIpc) is 2.93. The van der Waals surface area contributed by atoms with Gasteiger partial charge in [0.2, 0.25) is 5.91 Å². The molecule has 98 valence electrons. The monoisotopic (exact) mass is 251 g/mol. The van der Waals surface area contributed by atoms with Gasteiger partial charge in [-0.05, 0) is 24.6 Å². The summed E-state index contributed by atoms with van der Waals surface area (Å²) in [5.41, 5.74) is 0. The van der Waals surface area contributed by atoms with E-state index in [2.05, 4.69) is 0 Å². The molecule has 2 heterocycles. The lowest BCUT2D eigenvalue weighted by Gasteiger charge is -2.25. The molecular weight excluding hydrogens is 234 g/mol. The van der Waals surface area contributed by atoms with E-state index in [0.29, 0.717) is 38.5 Å². The van der Waals surface area contributed by atoms with Crippen molar-refractivity contribution in [3.63, 3.8) is 0 Å². The fourth-order valence-electron chi connectivity index (χ4n) is 1.78. The molecule has 0 aliphatic carbocycles. The van der Waals surface area contributed by atoms with Crippen molar-refractivity contribution in [1.29, 1.82) is 0 Å². The maximum atomic E-state index is 11.7. The van der Waals surface area contributed by atoms with E-state index in [1.807, 2.05) is 0 Å². The van der Waals surface area contributed by atoms with Crippen LogP contribution in [0.25, 0.3) is 0 Å². The van der Waals surface area contributed by atoms with Crippen LogP contribution < -0.4 is 0 Å². The molecule has 2 rings (SSSR count). The number of aliphatic hydroxyl groups excluding tert-OH is 1. The fraction of sp³-hybridized carbons (Fsp3) is 0.462. The van der Waals surface area contributed by atoms with Crippen molar-refractivity contribution >= 4 is 5.91 Å². The molecule has 1 atom stereocenters. The van der Waals surface area contributed by atoms with Crippen molar-refractivity contribution in [2.45, 2.75) is 12.5 Å². The van der Waals surface area contributed by atoms with E-state index in [0.717, 1.165) is 0 Å². The zero-order valence-electron chi connectivity index (χ0n) is 10.1. The highest BCUT2D eigenvalue weighted by Gasteiger charge is 2.14. The van der Waals surface area contributed by atoms with Crippen LogP contribution in [0.3, 0.4) is 0 Å². The number of nitrogens with zero attached hydrogens (tertiary/aromatic N) is 1. The number of carbonyl (C=O) groups is 1. The number of carbonyl (C=O) groups excluding carboxylic acids is 1. The molecule has 5 heteroatoms. The van der Waals surface area contributed by atoms with Gasteiger partial charge in [-0.15, -0.1) is 0 Å². The van der Waals surface area contributed by atoms with E-state index in [1.54, 1.807) is 23.1 Å². The maximum Gasteiger partial charge on any atom is 0.246 e. The molecule has 0 bridgehead atoms. The Labute approximate surface area is 106 Å². The van der Waals surface area contributed by atoms with Gasteiger partial charge in [-0.2, -0.15) is 0 Å². The Morgan fingerprint density at radius 2 is 2.28 bits per heavy atom. The van der Waals surface area contributed by atoms with Crippen LogP contribution >= 0.6 is 0 Å². The third-order valence-electron chi connectivity index (χ3n) is 2.81. The van der Waals surface area contributed by atoms with Crippen LogP contribution in [0.2, 0.25) is 0 Å². The highest BCUT2D eigenvalue weighted by atomic mass is 16.5. The summed E-state index contributed by atoms with van der Waals surface area (Å²) in [7, 11) is 0. The highest BCUT2D eigenvalue weighted by Crippen LogP contribution is 2.17. The van der Waals surface area contributed by atoms with Crippen molar-refractivity contribution in [3.8, 4) is 0 Å². The van der Waals surface area contributed by atoms with E-state index >= 15 is 0 Å². The van der Waals surface area contributed by atoms with E-state index < -0.39 is 6.10 Å². The number of morpholine rings is 1. The molecule has 1 amide bonds. The van der Waals surface area contributed by atoms with Gasteiger partial charge < -0.3 is 19.2 Å². The molecule has 1 saturated heterocycles. The van der Waals surface area contributed by atoms with E-state index in [-0.39, 0.29) is 5.91 Å². The maximum absolute atomic E-state index is 11.7. The highest BCUT2D eigenvalue weighted by molar-refractivity contribution is 5.87. The minimum absolute atomic E-state index is 0.0371. The lowest BCUT2D eigenvalue weighted by molar-refractivity contribution is -0.129. The fourth-order valence-corrected chi connectivity index (χ4v) is 1.78. The van der Waals surface area contributed by atoms with Crippen LogP contribution in [0.5, 0.6) is 0 Å². The summed E-state index contributed by atoms with van der Waals surface area (Å²) in [6.07, 6.45) is 4.35. The first kappa shape index (κ1) is 12.9.